The molecule has 0 atom stereocenters. The van der Waals surface area contributed by atoms with Crippen LogP contribution in [0.3, 0.4) is 0 Å². The number of para-hydroxylation sites is 1. The molecule has 0 aliphatic rings. The van der Waals surface area contributed by atoms with Crippen molar-refractivity contribution in [1.29, 1.82) is 0 Å². The molecule has 2 rings (SSSR count). The van der Waals surface area contributed by atoms with Crippen LogP contribution in [0.15, 0.2) is 59.6 Å². The SMILES string of the molecule is COc1ccc(N=C([Se])Nc2ccccc2)cc1. The first kappa shape index (κ1) is 12.7. The number of aliphatic imine (C=N–C) groups is 1. The number of nitrogens with zero attached hydrogens (tertiary/aromatic N) is 1. The Hall–Kier alpha value is -1.77. The van der Waals surface area contributed by atoms with Gasteiger partial charge in [0.05, 0.1) is 0 Å². The number of anilines is 1. The zero-order valence-corrected chi connectivity index (χ0v) is 11.7. The molecule has 18 heavy (non-hydrogen) atoms. The monoisotopic (exact) mass is 305 g/mol. The molecular weight excluding hydrogens is 291 g/mol. The Balaban J connectivity index is 2.07. The minimum absolute atomic E-state index is 0.728. The van der Waals surface area contributed by atoms with Crippen LogP contribution in [-0.4, -0.2) is 27.9 Å². The topological polar surface area (TPSA) is 33.6 Å². The van der Waals surface area contributed by atoms with Crippen LogP contribution in [0.5, 0.6) is 5.75 Å². The third-order valence-electron chi connectivity index (χ3n) is 2.33. The van der Waals surface area contributed by atoms with Crippen molar-refractivity contribution < 1.29 is 4.74 Å². The maximum absolute atomic E-state index is 5.10. The second kappa shape index (κ2) is 6.24. The summed E-state index contributed by atoms with van der Waals surface area (Å²) >= 11 is 2.91. The number of rotatable bonds is 3. The molecule has 3 nitrogen and oxygen atoms in total. The molecule has 1 radical (unpaired) electrons. The third kappa shape index (κ3) is 3.62. The molecule has 1 N–H and O–H groups in total. The van der Waals surface area contributed by atoms with E-state index in [4.69, 9.17) is 4.74 Å². The van der Waals surface area contributed by atoms with Gasteiger partial charge in [-0.1, -0.05) is 0 Å². The summed E-state index contributed by atoms with van der Waals surface area (Å²) in [4.78, 5) is 4.42. The molecule has 2 aromatic carbocycles. The van der Waals surface area contributed by atoms with Crippen LogP contribution in [0.4, 0.5) is 11.4 Å². The summed E-state index contributed by atoms with van der Waals surface area (Å²) in [5.74, 6) is 0.826. The average Bonchev–Trinajstić information content (AvgIpc) is 2.40. The standard InChI is InChI=1S/C14H13N2OSe/c1-17-13-9-7-12(8-10-13)16-14(18)15-11-5-3-2-4-6-11/h2-10H,1H3,(H,15,16). The van der Waals surface area contributed by atoms with Crippen LogP contribution in [0.25, 0.3) is 0 Å². The van der Waals surface area contributed by atoms with Gasteiger partial charge in [-0.15, -0.1) is 0 Å². The van der Waals surface area contributed by atoms with Gasteiger partial charge in [0.2, 0.25) is 0 Å². The van der Waals surface area contributed by atoms with Crippen molar-refractivity contribution in [1.82, 2.24) is 0 Å². The van der Waals surface area contributed by atoms with E-state index >= 15 is 0 Å². The summed E-state index contributed by atoms with van der Waals surface area (Å²) in [6, 6.07) is 17.5. The molecule has 0 saturated carbocycles. The average molecular weight is 304 g/mol. The van der Waals surface area contributed by atoms with Gasteiger partial charge in [-0.05, 0) is 0 Å². The first-order chi connectivity index (χ1) is 8.78. The van der Waals surface area contributed by atoms with E-state index in [0.717, 1.165) is 21.9 Å². The van der Waals surface area contributed by atoms with Gasteiger partial charge in [0, 0.05) is 0 Å². The van der Waals surface area contributed by atoms with Gasteiger partial charge in [0.15, 0.2) is 0 Å². The Morgan fingerprint density at radius 1 is 1.06 bits per heavy atom. The number of hydrogen-bond donors (Lipinski definition) is 1. The van der Waals surface area contributed by atoms with E-state index in [-0.39, 0.29) is 0 Å². The fraction of sp³-hybridized carbons (Fsp3) is 0.0714. The van der Waals surface area contributed by atoms with E-state index in [9.17, 15) is 0 Å². The molecule has 0 bridgehead atoms. The summed E-state index contributed by atoms with van der Waals surface area (Å²) < 4.78 is 5.83. The van der Waals surface area contributed by atoms with E-state index in [0.29, 0.717) is 0 Å². The summed E-state index contributed by atoms with van der Waals surface area (Å²) in [6.45, 7) is 0. The van der Waals surface area contributed by atoms with Crippen molar-refractivity contribution in [2.24, 2.45) is 4.99 Å². The van der Waals surface area contributed by atoms with Crippen LogP contribution in [0, 0.1) is 0 Å². The molecule has 0 heterocycles. The molecule has 0 aromatic heterocycles. The number of hydrogen-bond acceptors (Lipinski definition) is 2. The van der Waals surface area contributed by atoms with Gasteiger partial charge in [-0.3, -0.25) is 0 Å². The molecule has 0 spiro atoms. The van der Waals surface area contributed by atoms with E-state index in [2.05, 4.69) is 26.3 Å². The van der Waals surface area contributed by atoms with E-state index in [1.807, 2.05) is 54.6 Å². The third-order valence-corrected chi connectivity index (χ3v) is 2.73. The van der Waals surface area contributed by atoms with E-state index in [1.54, 1.807) is 7.11 Å². The van der Waals surface area contributed by atoms with Gasteiger partial charge in [-0.2, -0.15) is 0 Å². The second-order valence-corrected chi connectivity index (χ2v) is 4.42. The molecule has 4 heteroatoms. The van der Waals surface area contributed by atoms with E-state index < -0.39 is 0 Å². The molecule has 0 amide bonds. The number of ether oxygens (including phenoxy) is 1. The van der Waals surface area contributed by atoms with Crippen molar-refractivity contribution in [3.05, 3.63) is 54.6 Å². The van der Waals surface area contributed by atoms with Crippen LogP contribution >= 0.6 is 0 Å². The number of methoxy groups -OCH3 is 1. The Morgan fingerprint density at radius 3 is 2.33 bits per heavy atom. The van der Waals surface area contributed by atoms with Gasteiger partial charge in [0.1, 0.15) is 0 Å². The van der Waals surface area contributed by atoms with Gasteiger partial charge in [-0.25, -0.2) is 0 Å². The number of nitrogens with one attached hydrogen (secondary N) is 1. The molecule has 0 aliphatic heterocycles. The zero-order valence-electron chi connectivity index (χ0n) is 9.96. The predicted octanol–water partition coefficient (Wildman–Crippen LogP) is 2.96. The molecule has 0 unspecified atom stereocenters. The minimum atomic E-state index is 0.728. The van der Waals surface area contributed by atoms with Gasteiger partial charge < -0.3 is 0 Å². The fourth-order valence-electron chi connectivity index (χ4n) is 1.45. The second-order valence-electron chi connectivity index (χ2n) is 3.61. The normalized spacial score (nSPS) is 11.1. The molecule has 0 saturated heterocycles. The van der Waals surface area contributed by atoms with Gasteiger partial charge >= 0.3 is 115 Å². The zero-order chi connectivity index (χ0) is 12.8. The summed E-state index contributed by atoms with van der Waals surface area (Å²) in [5.41, 5.74) is 1.87. The number of amidine groups is 1. The first-order valence-electron chi connectivity index (χ1n) is 5.50. The Bertz CT molecular complexity index is 523. The van der Waals surface area contributed by atoms with Crippen LogP contribution < -0.4 is 10.1 Å². The number of benzene rings is 2. The predicted molar refractivity (Wildman–Crippen MR) is 75.9 cm³/mol. The first-order valence-corrected chi connectivity index (χ1v) is 6.35. The van der Waals surface area contributed by atoms with Crippen LogP contribution in [0.1, 0.15) is 0 Å². The summed E-state index contributed by atoms with van der Waals surface area (Å²) in [5, 5.41) is 3.18. The van der Waals surface area contributed by atoms with Crippen molar-refractivity contribution in [2.45, 2.75) is 0 Å². The summed E-state index contributed by atoms with van der Waals surface area (Å²) in [6.07, 6.45) is 0. The molecule has 2 aromatic rings. The Kier molecular flexibility index (Phi) is 4.40. The molecule has 0 fully saturated rings. The maximum atomic E-state index is 5.10. The van der Waals surface area contributed by atoms with Crippen LogP contribution in [-0.2, 0) is 0 Å². The molecule has 0 aliphatic carbocycles. The van der Waals surface area contributed by atoms with Crippen molar-refractivity contribution in [3.63, 3.8) is 0 Å². The Morgan fingerprint density at radius 2 is 1.72 bits per heavy atom. The molecule has 91 valence electrons. The Labute approximate surface area is 115 Å². The molecular formula is C14H13N2OSe. The quantitative estimate of drug-likeness (QED) is 0.537. The fourth-order valence-corrected chi connectivity index (χ4v) is 1.92. The van der Waals surface area contributed by atoms with Crippen molar-refractivity contribution in [3.8, 4) is 5.75 Å². The van der Waals surface area contributed by atoms with E-state index in [1.165, 1.54) is 0 Å². The van der Waals surface area contributed by atoms with Gasteiger partial charge in [0.25, 0.3) is 0 Å². The van der Waals surface area contributed by atoms with Crippen LogP contribution in [0.2, 0.25) is 0 Å². The van der Waals surface area contributed by atoms with Crippen molar-refractivity contribution >= 4 is 32.1 Å². The summed E-state index contributed by atoms with van der Waals surface area (Å²) in [7, 11) is 1.65. The van der Waals surface area contributed by atoms with Crippen molar-refractivity contribution in [2.75, 3.05) is 12.4 Å².